The second kappa shape index (κ2) is 8.60. The SMILES string of the molecule is COc1cc(OC)cc(C2CC3C(O)C(C)=C(C)C2(C(=O)OCC[Si](C)(C)C)C3O)c1. The fraction of sp³-hybridized carbons (Fsp3) is 0.625. The molecule has 1 fully saturated rings. The third kappa shape index (κ3) is 4.03. The number of benzene rings is 1. The number of hydrogen-bond acceptors (Lipinski definition) is 6. The summed E-state index contributed by atoms with van der Waals surface area (Å²) in [4.78, 5) is 13.7. The maximum Gasteiger partial charge on any atom is 0.319 e. The van der Waals surface area contributed by atoms with Gasteiger partial charge in [0.15, 0.2) is 0 Å². The molecule has 0 aliphatic heterocycles. The number of esters is 1. The van der Waals surface area contributed by atoms with Crippen LogP contribution in [0, 0.1) is 11.3 Å². The van der Waals surface area contributed by atoms with Crippen molar-refractivity contribution in [1.29, 1.82) is 0 Å². The second-order valence-corrected chi connectivity index (χ2v) is 15.7. The van der Waals surface area contributed by atoms with Crippen LogP contribution < -0.4 is 9.47 Å². The molecule has 2 aliphatic carbocycles. The Labute approximate surface area is 186 Å². The standard InChI is InChI=1S/C24H36O6Si/c1-14-15(2)24(23(27)30-8-9-31(5,6)7)20(13-19(21(14)25)22(24)26)16-10-17(28-3)12-18(11-16)29-4/h10-12,19-22,25-26H,8-9,13H2,1-7H3. The van der Waals surface area contributed by atoms with Crippen LogP contribution in [-0.2, 0) is 9.53 Å². The van der Waals surface area contributed by atoms with Crippen molar-refractivity contribution >= 4 is 14.0 Å². The summed E-state index contributed by atoms with van der Waals surface area (Å²) in [6.45, 7) is 10.7. The van der Waals surface area contributed by atoms with Crippen molar-refractivity contribution in [3.63, 3.8) is 0 Å². The number of rotatable bonds is 7. The lowest BCUT2D eigenvalue weighted by Gasteiger charge is -2.42. The van der Waals surface area contributed by atoms with Crippen molar-refractivity contribution in [2.24, 2.45) is 11.3 Å². The van der Waals surface area contributed by atoms with Crippen LogP contribution in [0.5, 0.6) is 11.5 Å². The predicted octanol–water partition coefficient (Wildman–Crippen LogP) is 3.75. The van der Waals surface area contributed by atoms with Crippen LogP contribution in [0.25, 0.3) is 0 Å². The van der Waals surface area contributed by atoms with E-state index in [9.17, 15) is 15.0 Å². The molecule has 5 unspecified atom stereocenters. The summed E-state index contributed by atoms with van der Waals surface area (Å²) >= 11 is 0. The van der Waals surface area contributed by atoms with Gasteiger partial charge in [0.1, 0.15) is 16.9 Å². The largest absolute Gasteiger partial charge is 0.497 e. The molecule has 172 valence electrons. The molecule has 0 saturated heterocycles. The summed E-state index contributed by atoms with van der Waals surface area (Å²) in [6, 6.07) is 6.40. The van der Waals surface area contributed by atoms with Crippen LogP contribution in [0.1, 0.15) is 31.7 Å². The molecule has 2 N–H and O–H groups in total. The van der Waals surface area contributed by atoms with Crippen LogP contribution in [0.4, 0.5) is 0 Å². The van der Waals surface area contributed by atoms with Gasteiger partial charge in [0.25, 0.3) is 0 Å². The quantitative estimate of drug-likeness (QED) is 0.375. The van der Waals surface area contributed by atoms with E-state index >= 15 is 0 Å². The molecule has 6 nitrogen and oxygen atoms in total. The molecule has 1 aromatic rings. The first kappa shape index (κ1) is 23.8. The average molecular weight is 449 g/mol. The zero-order chi connectivity index (χ0) is 23.1. The Bertz CT molecular complexity index is 851. The zero-order valence-electron chi connectivity index (χ0n) is 19.7. The number of methoxy groups -OCH3 is 2. The molecule has 0 heterocycles. The Hall–Kier alpha value is -1.83. The second-order valence-electron chi connectivity index (χ2n) is 10.1. The van der Waals surface area contributed by atoms with Crippen molar-refractivity contribution in [2.45, 2.75) is 64.1 Å². The van der Waals surface area contributed by atoms with Gasteiger partial charge in [0.2, 0.25) is 0 Å². The van der Waals surface area contributed by atoms with E-state index in [1.807, 2.05) is 26.0 Å². The molecule has 2 aliphatic rings. The number of aliphatic hydroxyl groups excluding tert-OH is 2. The Morgan fingerprint density at radius 2 is 1.68 bits per heavy atom. The fourth-order valence-electron chi connectivity index (χ4n) is 5.20. The van der Waals surface area contributed by atoms with Crippen molar-refractivity contribution in [3.05, 3.63) is 34.9 Å². The molecule has 31 heavy (non-hydrogen) atoms. The van der Waals surface area contributed by atoms with Gasteiger partial charge < -0.3 is 24.4 Å². The number of fused-ring (bicyclic) bond motifs is 2. The molecular formula is C24H36O6Si. The molecule has 0 amide bonds. The summed E-state index contributed by atoms with van der Waals surface area (Å²) in [5.74, 6) is 0.0348. The smallest absolute Gasteiger partial charge is 0.319 e. The fourth-order valence-corrected chi connectivity index (χ4v) is 5.91. The minimum absolute atomic E-state index is 0.344. The average Bonchev–Trinajstić information content (AvgIpc) is 2.99. The first-order valence-electron chi connectivity index (χ1n) is 10.9. The van der Waals surface area contributed by atoms with Crippen molar-refractivity contribution in [2.75, 3.05) is 20.8 Å². The number of hydrogen-bond donors (Lipinski definition) is 2. The number of carbonyl (C=O) groups excluding carboxylic acids is 1. The highest BCUT2D eigenvalue weighted by Crippen LogP contribution is 2.62. The maximum atomic E-state index is 13.7. The van der Waals surface area contributed by atoms with Gasteiger partial charge in [-0.1, -0.05) is 25.2 Å². The normalized spacial score (nSPS) is 30.4. The van der Waals surface area contributed by atoms with Gasteiger partial charge in [-0.25, -0.2) is 0 Å². The lowest BCUT2D eigenvalue weighted by atomic mass is 9.64. The van der Waals surface area contributed by atoms with E-state index in [1.165, 1.54) is 0 Å². The van der Waals surface area contributed by atoms with E-state index in [1.54, 1.807) is 20.3 Å². The van der Waals surface area contributed by atoms with Gasteiger partial charge in [0, 0.05) is 26.0 Å². The highest BCUT2D eigenvalue weighted by molar-refractivity contribution is 6.76. The highest BCUT2D eigenvalue weighted by Gasteiger charge is 2.66. The molecule has 1 aromatic carbocycles. The van der Waals surface area contributed by atoms with Crippen LogP contribution in [-0.4, -0.2) is 57.3 Å². The molecule has 2 bridgehead atoms. The Morgan fingerprint density at radius 3 is 2.19 bits per heavy atom. The van der Waals surface area contributed by atoms with Crippen LogP contribution in [0.15, 0.2) is 29.3 Å². The topological polar surface area (TPSA) is 85.2 Å². The van der Waals surface area contributed by atoms with E-state index in [2.05, 4.69) is 19.6 Å². The molecule has 7 heteroatoms. The predicted molar refractivity (Wildman–Crippen MR) is 122 cm³/mol. The van der Waals surface area contributed by atoms with E-state index in [0.29, 0.717) is 30.1 Å². The van der Waals surface area contributed by atoms with Crippen LogP contribution in [0.3, 0.4) is 0 Å². The van der Waals surface area contributed by atoms with E-state index < -0.39 is 37.6 Å². The van der Waals surface area contributed by atoms with Crippen molar-refractivity contribution in [3.8, 4) is 11.5 Å². The summed E-state index contributed by atoms with van der Waals surface area (Å²) in [5, 5.41) is 22.2. The summed E-state index contributed by atoms with van der Waals surface area (Å²) in [6.07, 6.45) is -1.33. The zero-order valence-corrected chi connectivity index (χ0v) is 20.7. The van der Waals surface area contributed by atoms with Gasteiger partial charge in [-0.15, -0.1) is 0 Å². The molecule has 0 spiro atoms. The lowest BCUT2D eigenvalue weighted by Crippen LogP contribution is -2.51. The molecule has 5 atom stereocenters. The van der Waals surface area contributed by atoms with Gasteiger partial charge >= 0.3 is 5.97 Å². The monoisotopic (exact) mass is 448 g/mol. The maximum absolute atomic E-state index is 13.7. The van der Waals surface area contributed by atoms with Gasteiger partial charge in [-0.3, -0.25) is 4.79 Å². The third-order valence-corrected chi connectivity index (χ3v) is 8.89. The van der Waals surface area contributed by atoms with Gasteiger partial charge in [-0.2, -0.15) is 0 Å². The third-order valence-electron chi connectivity index (χ3n) is 7.19. The first-order valence-corrected chi connectivity index (χ1v) is 14.6. The lowest BCUT2D eigenvalue weighted by molar-refractivity contribution is -0.161. The number of carbonyl (C=O) groups is 1. The van der Waals surface area contributed by atoms with E-state index in [-0.39, 0.29) is 5.92 Å². The minimum atomic E-state index is -1.39. The van der Waals surface area contributed by atoms with E-state index in [4.69, 9.17) is 14.2 Å². The van der Waals surface area contributed by atoms with Crippen LogP contribution in [0.2, 0.25) is 25.7 Å². The number of aliphatic hydroxyl groups is 2. The Morgan fingerprint density at radius 1 is 1.10 bits per heavy atom. The minimum Gasteiger partial charge on any atom is -0.497 e. The molecule has 0 radical (unpaired) electrons. The Balaban J connectivity index is 2.10. The van der Waals surface area contributed by atoms with E-state index in [0.717, 1.165) is 17.2 Å². The van der Waals surface area contributed by atoms with Gasteiger partial charge in [0.05, 0.1) is 33.0 Å². The molecular weight excluding hydrogens is 412 g/mol. The molecule has 1 saturated carbocycles. The first-order chi connectivity index (χ1) is 14.5. The highest BCUT2D eigenvalue weighted by atomic mass is 28.3. The summed E-state index contributed by atoms with van der Waals surface area (Å²) in [7, 11) is 1.78. The molecule has 3 rings (SSSR count). The summed E-state index contributed by atoms with van der Waals surface area (Å²) in [5.41, 5.74) is 1.05. The van der Waals surface area contributed by atoms with Crippen molar-refractivity contribution in [1.82, 2.24) is 0 Å². The number of ether oxygens (including phenoxy) is 3. The molecule has 0 aromatic heterocycles. The van der Waals surface area contributed by atoms with Gasteiger partial charge in [-0.05, 0) is 49.6 Å². The Kier molecular flexibility index (Phi) is 6.61. The van der Waals surface area contributed by atoms with Crippen LogP contribution >= 0.6 is 0 Å². The summed E-state index contributed by atoms with van der Waals surface area (Å²) < 4.78 is 16.7. The van der Waals surface area contributed by atoms with Crippen molar-refractivity contribution < 1.29 is 29.2 Å².